The number of aromatic nitrogens is 3. The standard InChI is InChI=1S/C14H15Cl2N5O2S/c1-24-6-4-9(12(17)22)19-14(23)10-7-11(16)20-21(10)13-8(15)3-2-5-18-13/h2-3,5,7,9H,4,6H2,1H3,(H2,17,22)(H,19,23)/t9-/m0/s1. The van der Waals surface area contributed by atoms with Gasteiger partial charge in [-0.3, -0.25) is 9.59 Å². The number of carbonyl (C=O) groups excluding carboxylic acids is 2. The summed E-state index contributed by atoms with van der Waals surface area (Å²) in [6.45, 7) is 0. The van der Waals surface area contributed by atoms with Crippen LogP contribution in [0.5, 0.6) is 0 Å². The molecule has 0 bridgehead atoms. The van der Waals surface area contributed by atoms with Gasteiger partial charge < -0.3 is 11.1 Å². The summed E-state index contributed by atoms with van der Waals surface area (Å²) >= 11 is 13.6. The number of nitrogens with two attached hydrogens (primary N) is 1. The molecule has 2 rings (SSSR count). The average molecular weight is 388 g/mol. The zero-order valence-corrected chi connectivity index (χ0v) is 15.0. The van der Waals surface area contributed by atoms with Crippen molar-refractivity contribution < 1.29 is 9.59 Å². The SMILES string of the molecule is CSCC[C@H](NC(=O)c1cc(Cl)nn1-c1ncccc1Cl)C(N)=O. The molecule has 0 unspecified atom stereocenters. The summed E-state index contributed by atoms with van der Waals surface area (Å²) < 4.78 is 1.23. The lowest BCUT2D eigenvalue weighted by Crippen LogP contribution is -2.45. The number of rotatable bonds is 7. The Morgan fingerprint density at radius 2 is 2.21 bits per heavy atom. The van der Waals surface area contributed by atoms with Crippen LogP contribution in [-0.4, -0.2) is 44.6 Å². The maximum Gasteiger partial charge on any atom is 0.270 e. The lowest BCUT2D eigenvalue weighted by molar-refractivity contribution is -0.119. The van der Waals surface area contributed by atoms with Crippen LogP contribution in [0.25, 0.3) is 5.82 Å². The van der Waals surface area contributed by atoms with Gasteiger partial charge in [-0.2, -0.15) is 16.9 Å². The van der Waals surface area contributed by atoms with E-state index in [-0.39, 0.29) is 16.7 Å². The number of primary amides is 1. The Morgan fingerprint density at radius 3 is 2.83 bits per heavy atom. The summed E-state index contributed by atoms with van der Waals surface area (Å²) in [6, 6.07) is 3.86. The molecular weight excluding hydrogens is 373 g/mol. The molecule has 128 valence electrons. The van der Waals surface area contributed by atoms with Crippen LogP contribution in [-0.2, 0) is 4.79 Å². The fourth-order valence-electron chi connectivity index (χ4n) is 1.96. The Labute approximate surface area is 152 Å². The van der Waals surface area contributed by atoms with E-state index >= 15 is 0 Å². The molecule has 0 saturated carbocycles. The minimum Gasteiger partial charge on any atom is -0.368 e. The maximum atomic E-state index is 12.5. The van der Waals surface area contributed by atoms with E-state index in [0.29, 0.717) is 17.2 Å². The third-order valence-electron chi connectivity index (χ3n) is 3.11. The van der Waals surface area contributed by atoms with E-state index < -0.39 is 17.9 Å². The van der Waals surface area contributed by atoms with Crippen LogP contribution >= 0.6 is 35.0 Å². The number of hydrogen-bond donors (Lipinski definition) is 2. The van der Waals surface area contributed by atoms with Crippen LogP contribution in [0.15, 0.2) is 24.4 Å². The number of carbonyl (C=O) groups is 2. The molecule has 24 heavy (non-hydrogen) atoms. The Kier molecular flexibility index (Phi) is 6.47. The van der Waals surface area contributed by atoms with Crippen LogP contribution in [0.1, 0.15) is 16.9 Å². The molecule has 2 amide bonds. The number of nitrogens with zero attached hydrogens (tertiary/aromatic N) is 3. The van der Waals surface area contributed by atoms with Gasteiger partial charge in [-0.25, -0.2) is 9.67 Å². The number of hydrogen-bond acceptors (Lipinski definition) is 5. The van der Waals surface area contributed by atoms with Crippen LogP contribution in [0, 0.1) is 0 Å². The lowest BCUT2D eigenvalue weighted by Gasteiger charge is -2.15. The Hall–Kier alpha value is -1.77. The summed E-state index contributed by atoms with van der Waals surface area (Å²) in [5.41, 5.74) is 5.44. The summed E-state index contributed by atoms with van der Waals surface area (Å²) in [5, 5.41) is 7.03. The van der Waals surface area contributed by atoms with Gasteiger partial charge in [0, 0.05) is 12.3 Å². The van der Waals surface area contributed by atoms with Gasteiger partial charge >= 0.3 is 0 Å². The van der Waals surface area contributed by atoms with E-state index in [9.17, 15) is 9.59 Å². The van der Waals surface area contributed by atoms with Gasteiger partial charge in [0.15, 0.2) is 11.0 Å². The first-order chi connectivity index (χ1) is 11.4. The molecule has 0 aliphatic carbocycles. The molecule has 10 heteroatoms. The summed E-state index contributed by atoms with van der Waals surface area (Å²) in [7, 11) is 0. The van der Waals surface area contributed by atoms with Crippen molar-refractivity contribution >= 4 is 46.8 Å². The van der Waals surface area contributed by atoms with Gasteiger partial charge in [0.1, 0.15) is 11.7 Å². The Balaban J connectivity index is 2.30. The predicted molar refractivity (Wildman–Crippen MR) is 94.8 cm³/mol. The normalized spacial score (nSPS) is 12.0. The second kappa shape index (κ2) is 8.36. The first kappa shape index (κ1) is 18.6. The van der Waals surface area contributed by atoms with Crippen molar-refractivity contribution in [1.29, 1.82) is 0 Å². The highest BCUT2D eigenvalue weighted by Crippen LogP contribution is 2.21. The van der Waals surface area contributed by atoms with E-state index in [1.54, 1.807) is 23.9 Å². The molecule has 0 saturated heterocycles. The number of thioether (sulfide) groups is 1. The highest BCUT2D eigenvalue weighted by Gasteiger charge is 2.23. The molecule has 0 fully saturated rings. The lowest BCUT2D eigenvalue weighted by atomic mass is 10.2. The molecule has 3 N–H and O–H groups in total. The van der Waals surface area contributed by atoms with E-state index in [0.717, 1.165) is 0 Å². The topological polar surface area (TPSA) is 103 Å². The summed E-state index contributed by atoms with van der Waals surface area (Å²) in [5.74, 6) is -0.206. The molecular formula is C14H15Cl2N5O2S. The van der Waals surface area contributed by atoms with E-state index in [2.05, 4.69) is 15.4 Å². The Bertz CT molecular complexity index is 753. The van der Waals surface area contributed by atoms with Crippen LogP contribution in [0.3, 0.4) is 0 Å². The van der Waals surface area contributed by atoms with Crippen molar-refractivity contribution in [3.8, 4) is 5.82 Å². The second-order valence-electron chi connectivity index (χ2n) is 4.78. The van der Waals surface area contributed by atoms with E-state index in [1.165, 1.54) is 16.9 Å². The number of halogens is 2. The molecule has 2 aromatic heterocycles. The third-order valence-corrected chi connectivity index (χ3v) is 4.23. The van der Waals surface area contributed by atoms with Crippen molar-refractivity contribution in [2.75, 3.05) is 12.0 Å². The third kappa shape index (κ3) is 4.40. The maximum absolute atomic E-state index is 12.5. The fraction of sp³-hybridized carbons (Fsp3) is 0.286. The minimum absolute atomic E-state index is 0.0987. The van der Waals surface area contributed by atoms with Gasteiger partial charge in [0.05, 0.1) is 5.02 Å². The predicted octanol–water partition coefficient (Wildman–Crippen LogP) is 1.91. The van der Waals surface area contributed by atoms with E-state index in [1.807, 2.05) is 6.26 Å². The van der Waals surface area contributed by atoms with Crippen LogP contribution in [0.2, 0.25) is 10.2 Å². The molecule has 1 atom stereocenters. The van der Waals surface area contributed by atoms with Crippen molar-refractivity contribution in [1.82, 2.24) is 20.1 Å². The summed E-state index contributed by atoms with van der Waals surface area (Å²) in [6.07, 6.45) is 3.84. The minimum atomic E-state index is -0.786. The highest BCUT2D eigenvalue weighted by molar-refractivity contribution is 7.98. The molecule has 2 aromatic rings. The first-order valence-electron chi connectivity index (χ1n) is 6.89. The molecule has 0 aromatic carbocycles. The monoisotopic (exact) mass is 387 g/mol. The fourth-order valence-corrected chi connectivity index (χ4v) is 2.81. The zero-order chi connectivity index (χ0) is 17.7. The van der Waals surface area contributed by atoms with Gasteiger partial charge in [-0.05, 0) is 30.6 Å². The largest absolute Gasteiger partial charge is 0.368 e. The van der Waals surface area contributed by atoms with Crippen molar-refractivity contribution in [2.24, 2.45) is 5.73 Å². The Morgan fingerprint density at radius 1 is 1.46 bits per heavy atom. The quantitative estimate of drug-likeness (QED) is 0.754. The highest BCUT2D eigenvalue weighted by atomic mass is 35.5. The smallest absolute Gasteiger partial charge is 0.270 e. The second-order valence-corrected chi connectivity index (χ2v) is 6.56. The van der Waals surface area contributed by atoms with Gasteiger partial charge in [0.2, 0.25) is 5.91 Å². The molecule has 2 heterocycles. The number of amides is 2. The van der Waals surface area contributed by atoms with Crippen molar-refractivity contribution in [3.05, 3.63) is 40.3 Å². The number of nitrogens with one attached hydrogen (secondary N) is 1. The van der Waals surface area contributed by atoms with Crippen LogP contribution in [0.4, 0.5) is 0 Å². The van der Waals surface area contributed by atoms with Gasteiger partial charge in [-0.15, -0.1) is 0 Å². The van der Waals surface area contributed by atoms with Crippen molar-refractivity contribution in [3.63, 3.8) is 0 Å². The molecule has 0 aliphatic rings. The van der Waals surface area contributed by atoms with Crippen LogP contribution < -0.4 is 11.1 Å². The molecule has 0 radical (unpaired) electrons. The molecule has 0 spiro atoms. The van der Waals surface area contributed by atoms with Crippen molar-refractivity contribution in [2.45, 2.75) is 12.5 Å². The first-order valence-corrected chi connectivity index (χ1v) is 9.04. The zero-order valence-electron chi connectivity index (χ0n) is 12.7. The molecule has 7 nitrogen and oxygen atoms in total. The van der Waals surface area contributed by atoms with Gasteiger partial charge in [-0.1, -0.05) is 23.2 Å². The number of pyridine rings is 1. The average Bonchev–Trinajstić information content (AvgIpc) is 2.93. The van der Waals surface area contributed by atoms with Gasteiger partial charge in [0.25, 0.3) is 5.91 Å². The van der Waals surface area contributed by atoms with E-state index in [4.69, 9.17) is 28.9 Å². The molecule has 0 aliphatic heterocycles. The summed E-state index contributed by atoms with van der Waals surface area (Å²) in [4.78, 5) is 28.1.